The minimum Gasteiger partial charge on any atom is -0.465 e. The highest BCUT2D eigenvalue weighted by atomic mass is 35.5. The summed E-state index contributed by atoms with van der Waals surface area (Å²) >= 11 is 5.60. The van der Waals surface area contributed by atoms with Crippen LogP contribution >= 0.6 is 11.6 Å². The number of nitrogens with one attached hydrogen (secondary N) is 1. The second-order valence-electron chi connectivity index (χ2n) is 5.08. The van der Waals surface area contributed by atoms with E-state index >= 15 is 0 Å². The number of carbonyl (C=O) groups excluding carboxylic acids is 2. The number of furan rings is 2. The molecule has 1 aliphatic rings. The van der Waals surface area contributed by atoms with Crippen molar-refractivity contribution in [3.05, 3.63) is 48.3 Å². The maximum atomic E-state index is 10.9. The van der Waals surface area contributed by atoms with E-state index in [9.17, 15) is 9.59 Å². The number of hydrogen-bond acceptors (Lipinski definition) is 6. The molecule has 1 N–H and O–H groups in total. The molecule has 0 aromatic carbocycles. The molecular weight excluding hydrogens is 352 g/mol. The van der Waals surface area contributed by atoms with Crippen LogP contribution in [0.15, 0.2) is 45.6 Å². The Morgan fingerprint density at radius 1 is 1.40 bits per heavy atom. The molecular formula is C16H19ClN2O6. The van der Waals surface area contributed by atoms with Crippen molar-refractivity contribution in [1.82, 2.24) is 10.2 Å². The summed E-state index contributed by atoms with van der Waals surface area (Å²) in [6.07, 6.45) is 1.48. The summed E-state index contributed by atoms with van der Waals surface area (Å²) in [7, 11) is 3.18. The molecule has 2 aromatic heterocycles. The van der Waals surface area contributed by atoms with Gasteiger partial charge in [-0.2, -0.15) is 0 Å². The molecule has 0 saturated carbocycles. The van der Waals surface area contributed by atoms with Crippen LogP contribution in [0.5, 0.6) is 0 Å². The van der Waals surface area contributed by atoms with Crippen LogP contribution in [0, 0.1) is 0 Å². The van der Waals surface area contributed by atoms with Gasteiger partial charge in [-0.15, -0.1) is 11.6 Å². The molecule has 0 radical (unpaired) electrons. The fourth-order valence-electron chi connectivity index (χ4n) is 2.02. The van der Waals surface area contributed by atoms with Gasteiger partial charge in [0.2, 0.25) is 0 Å². The van der Waals surface area contributed by atoms with Gasteiger partial charge in [0, 0.05) is 14.1 Å². The van der Waals surface area contributed by atoms with Gasteiger partial charge in [-0.25, -0.2) is 9.59 Å². The SMILES string of the molecule is CN1C[C@@H](c2ccco2)OC1=O.CNC(=O)O[C@@H](CCl)c1ccco1. The number of hydrogen-bond donors (Lipinski definition) is 1. The third kappa shape index (κ3) is 5.18. The van der Waals surface area contributed by atoms with Crippen LogP contribution in [-0.2, 0) is 9.47 Å². The normalized spacial score (nSPS) is 17.3. The fraction of sp³-hybridized carbons (Fsp3) is 0.375. The minimum atomic E-state index is -0.531. The number of carbonyl (C=O) groups is 2. The first-order chi connectivity index (χ1) is 12.0. The van der Waals surface area contributed by atoms with E-state index in [-0.39, 0.29) is 18.1 Å². The summed E-state index contributed by atoms with van der Waals surface area (Å²) in [4.78, 5) is 23.3. The third-order valence-corrected chi connectivity index (χ3v) is 3.59. The summed E-state index contributed by atoms with van der Waals surface area (Å²) in [5, 5.41) is 2.33. The zero-order valence-electron chi connectivity index (χ0n) is 13.8. The number of amides is 2. The molecule has 2 amide bonds. The van der Waals surface area contributed by atoms with E-state index in [1.54, 1.807) is 37.6 Å². The lowest BCUT2D eigenvalue weighted by Gasteiger charge is -2.11. The van der Waals surface area contributed by atoms with Crippen molar-refractivity contribution in [2.24, 2.45) is 0 Å². The number of alkyl halides is 1. The molecule has 0 unspecified atom stereocenters. The zero-order chi connectivity index (χ0) is 18.2. The van der Waals surface area contributed by atoms with Crippen molar-refractivity contribution in [2.45, 2.75) is 12.2 Å². The Morgan fingerprint density at radius 3 is 2.60 bits per heavy atom. The van der Waals surface area contributed by atoms with Crippen LogP contribution in [0.25, 0.3) is 0 Å². The third-order valence-electron chi connectivity index (χ3n) is 3.31. The van der Waals surface area contributed by atoms with Crippen molar-refractivity contribution >= 4 is 23.8 Å². The average molecular weight is 371 g/mol. The topological polar surface area (TPSA) is 94.2 Å². The van der Waals surface area contributed by atoms with Crippen LogP contribution in [0.2, 0.25) is 0 Å². The molecule has 3 heterocycles. The maximum Gasteiger partial charge on any atom is 0.410 e. The molecule has 9 heteroatoms. The number of alkyl carbamates (subject to hydrolysis) is 1. The van der Waals surface area contributed by atoms with Gasteiger partial charge in [0.15, 0.2) is 12.2 Å². The Hall–Kier alpha value is -2.61. The van der Waals surface area contributed by atoms with Gasteiger partial charge >= 0.3 is 12.2 Å². The Bertz CT molecular complexity index is 658. The van der Waals surface area contributed by atoms with Crippen LogP contribution in [0.4, 0.5) is 9.59 Å². The van der Waals surface area contributed by atoms with Crippen molar-refractivity contribution in [3.63, 3.8) is 0 Å². The maximum absolute atomic E-state index is 10.9. The lowest BCUT2D eigenvalue weighted by Crippen LogP contribution is -2.22. The molecule has 2 aromatic rings. The lowest BCUT2D eigenvalue weighted by molar-refractivity contribution is 0.0984. The standard InChI is InChI=1S/C8H10ClNO3.C8H9NO3/c1-10-8(11)13-7(5-9)6-3-2-4-12-6;1-9-5-7(12-8(9)10)6-3-2-4-11-6/h2-4,7H,5H2,1H3,(H,10,11);2-4,7H,5H2,1H3/t2*7-/m00/s1. The summed E-state index contributed by atoms with van der Waals surface area (Å²) in [5.41, 5.74) is 0. The zero-order valence-corrected chi connectivity index (χ0v) is 14.6. The van der Waals surface area contributed by atoms with Crippen LogP contribution in [0.3, 0.4) is 0 Å². The molecule has 0 bridgehead atoms. The van der Waals surface area contributed by atoms with Gasteiger partial charge in [-0.05, 0) is 24.3 Å². The molecule has 0 spiro atoms. The predicted octanol–water partition coefficient (Wildman–Crippen LogP) is 3.32. The van der Waals surface area contributed by atoms with E-state index in [1.807, 2.05) is 0 Å². The number of halogens is 1. The van der Waals surface area contributed by atoms with Gasteiger partial charge in [-0.1, -0.05) is 0 Å². The molecule has 25 heavy (non-hydrogen) atoms. The van der Waals surface area contributed by atoms with Crippen LogP contribution in [0.1, 0.15) is 23.7 Å². The van der Waals surface area contributed by atoms with E-state index in [0.29, 0.717) is 18.1 Å². The van der Waals surface area contributed by atoms with Gasteiger partial charge in [-0.3, -0.25) is 0 Å². The van der Waals surface area contributed by atoms with Crippen LogP contribution < -0.4 is 5.32 Å². The molecule has 0 aliphatic carbocycles. The molecule has 1 saturated heterocycles. The van der Waals surface area contributed by atoms with Crippen LogP contribution in [-0.4, -0.2) is 43.6 Å². The average Bonchev–Trinajstić information content (AvgIpc) is 3.36. The molecule has 2 atom stereocenters. The summed E-state index contributed by atoms with van der Waals surface area (Å²) in [6, 6.07) is 7.00. The number of cyclic esters (lactones) is 1. The Labute approximate surface area is 149 Å². The molecule has 136 valence electrons. The van der Waals surface area contributed by atoms with Crippen molar-refractivity contribution in [3.8, 4) is 0 Å². The predicted molar refractivity (Wildman–Crippen MR) is 88.3 cm³/mol. The smallest absolute Gasteiger partial charge is 0.410 e. The molecule has 1 fully saturated rings. The first-order valence-corrected chi connectivity index (χ1v) is 8.01. The summed E-state index contributed by atoms with van der Waals surface area (Å²) < 4.78 is 20.1. The second-order valence-corrected chi connectivity index (χ2v) is 5.39. The van der Waals surface area contributed by atoms with Gasteiger partial charge in [0.1, 0.15) is 11.5 Å². The quantitative estimate of drug-likeness (QED) is 0.829. The summed E-state index contributed by atoms with van der Waals surface area (Å²) in [5.74, 6) is 1.41. The van der Waals surface area contributed by atoms with Crippen molar-refractivity contribution < 1.29 is 27.9 Å². The molecule has 8 nitrogen and oxygen atoms in total. The number of nitrogens with zero attached hydrogens (tertiary/aromatic N) is 1. The Kier molecular flexibility index (Phi) is 6.76. The van der Waals surface area contributed by atoms with Crippen molar-refractivity contribution in [1.29, 1.82) is 0 Å². The van der Waals surface area contributed by atoms with E-state index in [4.69, 9.17) is 29.9 Å². The number of ether oxygens (including phenoxy) is 2. The van der Waals surface area contributed by atoms with Crippen molar-refractivity contribution in [2.75, 3.05) is 26.5 Å². The highest BCUT2D eigenvalue weighted by Crippen LogP contribution is 2.24. The number of likely N-dealkylation sites (N-methyl/N-ethyl adjacent to an activating group) is 1. The largest absolute Gasteiger partial charge is 0.465 e. The lowest BCUT2D eigenvalue weighted by atomic mass is 10.3. The van der Waals surface area contributed by atoms with E-state index < -0.39 is 12.2 Å². The Morgan fingerprint density at radius 2 is 2.12 bits per heavy atom. The first kappa shape index (κ1) is 18.7. The highest BCUT2D eigenvalue weighted by Gasteiger charge is 2.31. The second kappa shape index (κ2) is 9.03. The van der Waals surface area contributed by atoms with E-state index in [0.717, 1.165) is 0 Å². The minimum absolute atomic E-state index is 0.168. The first-order valence-electron chi connectivity index (χ1n) is 7.48. The number of rotatable bonds is 4. The van der Waals surface area contributed by atoms with Gasteiger partial charge in [0.05, 0.1) is 25.0 Å². The fourth-order valence-corrected chi connectivity index (χ4v) is 2.24. The summed E-state index contributed by atoms with van der Waals surface area (Å²) in [6.45, 7) is 0.562. The Balaban J connectivity index is 0.000000181. The van der Waals surface area contributed by atoms with Gasteiger partial charge < -0.3 is 28.5 Å². The van der Waals surface area contributed by atoms with E-state index in [2.05, 4.69) is 5.32 Å². The van der Waals surface area contributed by atoms with E-state index in [1.165, 1.54) is 18.2 Å². The highest BCUT2D eigenvalue weighted by molar-refractivity contribution is 6.18. The van der Waals surface area contributed by atoms with Gasteiger partial charge in [0.25, 0.3) is 0 Å². The molecule has 1 aliphatic heterocycles. The molecule has 3 rings (SSSR count). The monoisotopic (exact) mass is 370 g/mol.